The highest BCUT2D eigenvalue weighted by Gasteiger charge is 2.30. The van der Waals surface area contributed by atoms with E-state index < -0.39 is 0 Å². The zero-order valence-electron chi connectivity index (χ0n) is 12.8. The highest BCUT2D eigenvalue weighted by Crippen LogP contribution is 2.42. The van der Waals surface area contributed by atoms with Gasteiger partial charge >= 0.3 is 0 Å². The summed E-state index contributed by atoms with van der Waals surface area (Å²) in [6.45, 7) is 0. The Balaban J connectivity index is 1.67. The molecule has 2 atom stereocenters. The van der Waals surface area contributed by atoms with Crippen LogP contribution < -0.4 is 9.47 Å². The number of fused-ring (bicyclic) bond motifs is 1. The molecule has 0 unspecified atom stereocenters. The first-order chi connectivity index (χ1) is 11.4. The molecule has 1 aliphatic rings. The summed E-state index contributed by atoms with van der Waals surface area (Å²) >= 11 is 0. The summed E-state index contributed by atoms with van der Waals surface area (Å²) in [6, 6.07) is 28.5. The summed E-state index contributed by atoms with van der Waals surface area (Å²) < 4.78 is 12.5. The second-order valence-corrected chi connectivity index (χ2v) is 5.71. The topological polar surface area (TPSA) is 18.5 Å². The van der Waals surface area contributed by atoms with Crippen molar-refractivity contribution in [1.29, 1.82) is 0 Å². The van der Waals surface area contributed by atoms with Crippen molar-refractivity contribution >= 4 is 0 Å². The van der Waals surface area contributed by atoms with Crippen LogP contribution >= 0.6 is 0 Å². The lowest BCUT2D eigenvalue weighted by atomic mass is 9.95. The highest BCUT2D eigenvalue weighted by molar-refractivity contribution is 5.39. The molecular weight excluding hydrogens is 284 g/mol. The first-order valence-corrected chi connectivity index (χ1v) is 7.92. The summed E-state index contributed by atoms with van der Waals surface area (Å²) in [5.74, 6) is 1.80. The predicted octanol–water partition coefficient (Wildman–Crippen LogP) is 5.33. The Bertz CT molecular complexity index is 768. The van der Waals surface area contributed by atoms with Gasteiger partial charge in [-0.15, -0.1) is 0 Å². The van der Waals surface area contributed by atoms with Gasteiger partial charge in [0.1, 0.15) is 23.7 Å². The van der Waals surface area contributed by atoms with Crippen molar-refractivity contribution in [1.82, 2.24) is 0 Å². The van der Waals surface area contributed by atoms with Crippen LogP contribution in [0.25, 0.3) is 0 Å². The minimum atomic E-state index is -0.00689. The maximum atomic E-state index is 6.25. The van der Waals surface area contributed by atoms with E-state index in [9.17, 15) is 0 Å². The van der Waals surface area contributed by atoms with Gasteiger partial charge in [0.15, 0.2) is 0 Å². The summed E-state index contributed by atoms with van der Waals surface area (Å²) in [6.07, 6.45) is 0.808. The summed E-state index contributed by atoms with van der Waals surface area (Å²) in [4.78, 5) is 0. The maximum absolute atomic E-state index is 6.25. The van der Waals surface area contributed by atoms with E-state index in [0.29, 0.717) is 0 Å². The van der Waals surface area contributed by atoms with E-state index in [1.54, 1.807) is 0 Å². The molecule has 1 heterocycles. The van der Waals surface area contributed by atoms with E-state index in [1.807, 2.05) is 66.7 Å². The van der Waals surface area contributed by atoms with Crippen molar-refractivity contribution in [3.8, 4) is 11.5 Å². The second-order valence-electron chi connectivity index (χ2n) is 5.71. The van der Waals surface area contributed by atoms with Gasteiger partial charge in [0, 0.05) is 12.0 Å². The molecule has 23 heavy (non-hydrogen) atoms. The lowest BCUT2D eigenvalue weighted by molar-refractivity contribution is 0.0809. The Kier molecular flexibility index (Phi) is 3.73. The first kappa shape index (κ1) is 13.9. The SMILES string of the molecule is c1ccc(O[C@@H]2C[C@H](c3ccccc3)Oc3ccccc32)cc1. The van der Waals surface area contributed by atoms with Crippen molar-refractivity contribution in [2.45, 2.75) is 18.6 Å². The van der Waals surface area contributed by atoms with Crippen molar-refractivity contribution < 1.29 is 9.47 Å². The van der Waals surface area contributed by atoms with Crippen molar-refractivity contribution in [2.75, 3.05) is 0 Å². The maximum Gasteiger partial charge on any atom is 0.131 e. The van der Waals surface area contributed by atoms with Gasteiger partial charge in [0.25, 0.3) is 0 Å². The molecule has 0 radical (unpaired) electrons. The van der Waals surface area contributed by atoms with E-state index in [4.69, 9.17) is 9.47 Å². The van der Waals surface area contributed by atoms with Crippen molar-refractivity contribution in [3.05, 3.63) is 96.1 Å². The molecule has 114 valence electrons. The smallest absolute Gasteiger partial charge is 0.131 e. The number of hydrogen-bond acceptors (Lipinski definition) is 2. The number of para-hydroxylation sites is 2. The van der Waals surface area contributed by atoms with E-state index in [0.717, 1.165) is 23.5 Å². The van der Waals surface area contributed by atoms with Crippen LogP contribution in [-0.2, 0) is 0 Å². The molecule has 3 aromatic rings. The molecule has 0 amide bonds. The Morgan fingerprint density at radius 1 is 0.739 bits per heavy atom. The summed E-state index contributed by atoms with van der Waals surface area (Å²) in [7, 11) is 0. The van der Waals surface area contributed by atoms with Gasteiger partial charge in [-0.3, -0.25) is 0 Å². The zero-order valence-corrected chi connectivity index (χ0v) is 12.8. The molecule has 0 saturated heterocycles. The number of ether oxygens (including phenoxy) is 2. The van der Waals surface area contributed by atoms with Gasteiger partial charge in [-0.25, -0.2) is 0 Å². The van der Waals surface area contributed by atoms with Crippen LogP contribution in [-0.4, -0.2) is 0 Å². The van der Waals surface area contributed by atoms with Crippen LogP contribution in [0.1, 0.15) is 29.8 Å². The second kappa shape index (κ2) is 6.17. The lowest BCUT2D eigenvalue weighted by Crippen LogP contribution is -2.22. The molecule has 0 saturated carbocycles. The minimum absolute atomic E-state index is 0.00689. The monoisotopic (exact) mass is 302 g/mol. The van der Waals surface area contributed by atoms with Crippen molar-refractivity contribution in [3.63, 3.8) is 0 Å². The van der Waals surface area contributed by atoms with Crippen LogP contribution in [0.4, 0.5) is 0 Å². The average Bonchev–Trinajstić information content (AvgIpc) is 2.63. The van der Waals surface area contributed by atoms with Gasteiger partial charge in [-0.1, -0.05) is 66.7 Å². The van der Waals surface area contributed by atoms with E-state index in [-0.39, 0.29) is 12.2 Å². The zero-order chi connectivity index (χ0) is 15.5. The summed E-state index contributed by atoms with van der Waals surface area (Å²) in [5.41, 5.74) is 2.30. The Hall–Kier alpha value is -2.74. The molecule has 0 N–H and O–H groups in total. The standard InChI is InChI=1S/C21H18O2/c1-3-9-16(10-4-1)20-15-21(22-17-11-5-2-6-12-17)18-13-7-8-14-19(18)23-20/h1-14,20-21H,15H2/t20-,21-/m1/s1. The fraction of sp³-hybridized carbons (Fsp3) is 0.143. The van der Waals surface area contributed by atoms with Gasteiger partial charge in [0.05, 0.1) is 0 Å². The van der Waals surface area contributed by atoms with Gasteiger partial charge in [-0.2, -0.15) is 0 Å². The largest absolute Gasteiger partial charge is 0.485 e. The van der Waals surface area contributed by atoms with Gasteiger partial charge in [0.2, 0.25) is 0 Å². The fourth-order valence-electron chi connectivity index (χ4n) is 3.02. The van der Waals surface area contributed by atoms with Crippen LogP contribution in [0, 0.1) is 0 Å². The Morgan fingerprint density at radius 2 is 1.39 bits per heavy atom. The number of hydrogen-bond donors (Lipinski definition) is 0. The molecule has 0 spiro atoms. The molecule has 2 heteroatoms. The third-order valence-electron chi connectivity index (χ3n) is 4.16. The molecule has 0 bridgehead atoms. The van der Waals surface area contributed by atoms with E-state index >= 15 is 0 Å². The molecule has 0 fully saturated rings. The summed E-state index contributed by atoms with van der Waals surface area (Å²) in [5, 5.41) is 0. The predicted molar refractivity (Wildman–Crippen MR) is 90.7 cm³/mol. The fourth-order valence-corrected chi connectivity index (χ4v) is 3.02. The molecule has 1 aliphatic heterocycles. The third-order valence-corrected chi connectivity index (χ3v) is 4.16. The van der Waals surface area contributed by atoms with Crippen LogP contribution in [0.2, 0.25) is 0 Å². The van der Waals surface area contributed by atoms with Crippen LogP contribution in [0.5, 0.6) is 11.5 Å². The molecule has 2 nitrogen and oxygen atoms in total. The highest BCUT2D eigenvalue weighted by atomic mass is 16.5. The van der Waals surface area contributed by atoms with E-state index in [1.165, 1.54) is 5.56 Å². The molecular formula is C21H18O2. The molecule has 3 aromatic carbocycles. The molecule has 0 aromatic heterocycles. The normalized spacial score (nSPS) is 19.5. The lowest BCUT2D eigenvalue weighted by Gasteiger charge is -2.32. The number of rotatable bonds is 3. The number of benzene rings is 3. The van der Waals surface area contributed by atoms with Crippen molar-refractivity contribution in [2.24, 2.45) is 0 Å². The van der Waals surface area contributed by atoms with Crippen LogP contribution in [0.3, 0.4) is 0 Å². The van der Waals surface area contributed by atoms with Gasteiger partial charge < -0.3 is 9.47 Å². The third kappa shape index (κ3) is 2.93. The minimum Gasteiger partial charge on any atom is -0.485 e. The van der Waals surface area contributed by atoms with Gasteiger partial charge in [-0.05, 0) is 23.8 Å². The van der Waals surface area contributed by atoms with Crippen LogP contribution in [0.15, 0.2) is 84.9 Å². The average molecular weight is 302 g/mol. The van der Waals surface area contributed by atoms with E-state index in [2.05, 4.69) is 18.2 Å². The quantitative estimate of drug-likeness (QED) is 0.651. The molecule has 4 rings (SSSR count). The Morgan fingerprint density at radius 3 is 2.17 bits per heavy atom. The first-order valence-electron chi connectivity index (χ1n) is 7.92. The Labute approximate surface area is 136 Å². The molecule has 0 aliphatic carbocycles.